The first-order chi connectivity index (χ1) is 10.2. The topological polar surface area (TPSA) is 73.6 Å². The van der Waals surface area contributed by atoms with Gasteiger partial charge >= 0.3 is 0 Å². The van der Waals surface area contributed by atoms with Crippen LogP contribution in [0.1, 0.15) is 17.3 Å². The van der Waals surface area contributed by atoms with Gasteiger partial charge in [-0.05, 0) is 37.3 Å². The first kappa shape index (κ1) is 14.7. The van der Waals surface area contributed by atoms with Crippen LogP contribution in [0.2, 0.25) is 0 Å². The highest BCUT2D eigenvalue weighted by atomic mass is 16.5. The van der Waals surface area contributed by atoms with Crippen molar-refractivity contribution >= 4 is 17.3 Å². The molecular weight excluding hydrogens is 268 g/mol. The summed E-state index contributed by atoms with van der Waals surface area (Å²) in [5.41, 5.74) is 7.24. The third kappa shape index (κ3) is 3.45. The van der Waals surface area contributed by atoms with Gasteiger partial charge in [-0.25, -0.2) is 0 Å². The molecule has 0 aliphatic heterocycles. The van der Waals surface area contributed by atoms with Gasteiger partial charge in [-0.3, -0.25) is 4.79 Å². The van der Waals surface area contributed by atoms with Crippen molar-refractivity contribution in [2.75, 3.05) is 24.8 Å². The van der Waals surface area contributed by atoms with Crippen LogP contribution in [0.5, 0.6) is 11.5 Å². The fourth-order valence-corrected chi connectivity index (χ4v) is 1.94. The lowest BCUT2D eigenvalue weighted by molar-refractivity contribution is 0.102. The highest BCUT2D eigenvalue weighted by molar-refractivity contribution is 6.07. The predicted octanol–water partition coefficient (Wildman–Crippen LogP) is 2.93. The molecule has 0 saturated heterocycles. The molecule has 2 rings (SSSR count). The zero-order valence-electron chi connectivity index (χ0n) is 12.1. The van der Waals surface area contributed by atoms with E-state index in [2.05, 4.69) is 5.32 Å². The quantitative estimate of drug-likeness (QED) is 0.829. The van der Waals surface area contributed by atoms with Crippen LogP contribution in [-0.2, 0) is 0 Å². The normalized spacial score (nSPS) is 10.0. The van der Waals surface area contributed by atoms with Crippen LogP contribution in [0.15, 0.2) is 42.5 Å². The molecular formula is C16H18N2O3. The Hall–Kier alpha value is -2.69. The summed E-state index contributed by atoms with van der Waals surface area (Å²) in [6.07, 6.45) is 0. The van der Waals surface area contributed by atoms with Crippen molar-refractivity contribution in [3.63, 3.8) is 0 Å². The Morgan fingerprint density at radius 2 is 1.95 bits per heavy atom. The molecule has 2 aromatic carbocycles. The summed E-state index contributed by atoms with van der Waals surface area (Å²) >= 11 is 0. The van der Waals surface area contributed by atoms with Crippen molar-refractivity contribution in [2.45, 2.75) is 6.92 Å². The Morgan fingerprint density at radius 1 is 1.19 bits per heavy atom. The molecule has 0 radical (unpaired) electrons. The molecule has 0 aliphatic rings. The van der Waals surface area contributed by atoms with Gasteiger partial charge in [-0.15, -0.1) is 0 Å². The van der Waals surface area contributed by atoms with Crippen molar-refractivity contribution < 1.29 is 14.3 Å². The van der Waals surface area contributed by atoms with Crippen LogP contribution in [-0.4, -0.2) is 19.6 Å². The number of nitrogen functional groups attached to an aromatic ring is 1. The minimum absolute atomic E-state index is 0.296. The van der Waals surface area contributed by atoms with E-state index in [1.165, 1.54) is 0 Å². The number of hydrogen-bond donors (Lipinski definition) is 2. The summed E-state index contributed by atoms with van der Waals surface area (Å²) in [7, 11) is 1.55. The number of carbonyl (C=O) groups is 1. The van der Waals surface area contributed by atoms with Crippen molar-refractivity contribution in [2.24, 2.45) is 0 Å². The molecule has 5 heteroatoms. The smallest absolute Gasteiger partial charge is 0.259 e. The van der Waals surface area contributed by atoms with Crippen LogP contribution in [0.25, 0.3) is 0 Å². The van der Waals surface area contributed by atoms with E-state index in [0.717, 1.165) is 0 Å². The fraction of sp³-hybridized carbons (Fsp3) is 0.188. The van der Waals surface area contributed by atoms with Gasteiger partial charge in [0.15, 0.2) is 0 Å². The van der Waals surface area contributed by atoms with E-state index in [1.54, 1.807) is 37.4 Å². The lowest BCUT2D eigenvalue weighted by Crippen LogP contribution is -2.14. The number of benzene rings is 2. The number of rotatable bonds is 5. The van der Waals surface area contributed by atoms with E-state index in [4.69, 9.17) is 15.2 Å². The van der Waals surface area contributed by atoms with Crippen LogP contribution in [0.4, 0.5) is 11.4 Å². The largest absolute Gasteiger partial charge is 0.495 e. The second-order valence-electron chi connectivity index (χ2n) is 4.34. The Bertz CT molecular complexity index is 641. The van der Waals surface area contributed by atoms with E-state index in [0.29, 0.717) is 35.0 Å². The van der Waals surface area contributed by atoms with Gasteiger partial charge in [-0.2, -0.15) is 0 Å². The average Bonchev–Trinajstić information content (AvgIpc) is 2.49. The number of ether oxygens (including phenoxy) is 2. The third-order valence-electron chi connectivity index (χ3n) is 2.90. The van der Waals surface area contributed by atoms with Crippen molar-refractivity contribution in [3.8, 4) is 11.5 Å². The molecule has 0 unspecified atom stereocenters. The molecule has 1 amide bonds. The summed E-state index contributed by atoms with van der Waals surface area (Å²) in [5, 5.41) is 2.80. The fourth-order valence-electron chi connectivity index (χ4n) is 1.94. The maximum atomic E-state index is 12.4. The number of amides is 1. The summed E-state index contributed by atoms with van der Waals surface area (Å²) in [6, 6.07) is 12.2. The van der Waals surface area contributed by atoms with Crippen LogP contribution in [0, 0.1) is 0 Å². The van der Waals surface area contributed by atoms with Gasteiger partial charge < -0.3 is 20.5 Å². The minimum atomic E-state index is -0.296. The molecule has 0 spiro atoms. The number of anilines is 2. The van der Waals surface area contributed by atoms with Crippen LogP contribution in [0.3, 0.4) is 0 Å². The Labute approximate surface area is 123 Å². The van der Waals surface area contributed by atoms with Crippen molar-refractivity contribution in [3.05, 3.63) is 48.0 Å². The van der Waals surface area contributed by atoms with E-state index in [1.807, 2.05) is 19.1 Å². The van der Waals surface area contributed by atoms with Gasteiger partial charge in [0.2, 0.25) is 0 Å². The number of para-hydroxylation sites is 2. The summed E-state index contributed by atoms with van der Waals surface area (Å²) < 4.78 is 10.7. The lowest BCUT2D eigenvalue weighted by atomic mass is 10.1. The Morgan fingerprint density at radius 3 is 2.67 bits per heavy atom. The van der Waals surface area contributed by atoms with Crippen molar-refractivity contribution in [1.29, 1.82) is 0 Å². The number of nitrogens with one attached hydrogen (secondary N) is 1. The van der Waals surface area contributed by atoms with Gasteiger partial charge in [-0.1, -0.05) is 12.1 Å². The van der Waals surface area contributed by atoms with E-state index in [9.17, 15) is 4.79 Å². The molecule has 21 heavy (non-hydrogen) atoms. The second kappa shape index (κ2) is 6.65. The third-order valence-corrected chi connectivity index (χ3v) is 2.90. The number of carbonyl (C=O) groups excluding carboxylic acids is 1. The number of methoxy groups -OCH3 is 1. The highest BCUT2D eigenvalue weighted by Gasteiger charge is 2.15. The highest BCUT2D eigenvalue weighted by Crippen LogP contribution is 2.26. The Balaban J connectivity index is 2.29. The average molecular weight is 286 g/mol. The summed E-state index contributed by atoms with van der Waals surface area (Å²) in [6.45, 7) is 2.33. The molecule has 110 valence electrons. The lowest BCUT2D eigenvalue weighted by Gasteiger charge is -2.13. The maximum absolute atomic E-state index is 12.4. The SMILES string of the molecule is CCOc1ccc(N)cc1C(=O)Nc1ccccc1OC. The molecule has 0 aliphatic carbocycles. The first-order valence-electron chi connectivity index (χ1n) is 6.62. The van der Waals surface area contributed by atoms with E-state index < -0.39 is 0 Å². The van der Waals surface area contributed by atoms with Crippen LogP contribution >= 0.6 is 0 Å². The van der Waals surface area contributed by atoms with Gasteiger partial charge in [0.1, 0.15) is 11.5 Å². The molecule has 0 aromatic heterocycles. The minimum Gasteiger partial charge on any atom is -0.495 e. The molecule has 0 atom stereocenters. The summed E-state index contributed by atoms with van der Waals surface area (Å²) in [5.74, 6) is 0.794. The maximum Gasteiger partial charge on any atom is 0.259 e. The molecule has 2 aromatic rings. The molecule has 0 heterocycles. The predicted molar refractivity (Wildman–Crippen MR) is 83.0 cm³/mol. The molecule has 3 N–H and O–H groups in total. The number of hydrogen-bond acceptors (Lipinski definition) is 4. The molecule has 5 nitrogen and oxygen atoms in total. The van der Waals surface area contributed by atoms with Gasteiger partial charge in [0.25, 0.3) is 5.91 Å². The monoisotopic (exact) mass is 286 g/mol. The Kier molecular flexibility index (Phi) is 4.66. The van der Waals surface area contributed by atoms with Crippen molar-refractivity contribution in [1.82, 2.24) is 0 Å². The van der Waals surface area contributed by atoms with Gasteiger partial charge in [0.05, 0.1) is 25.0 Å². The zero-order valence-corrected chi connectivity index (χ0v) is 12.1. The van der Waals surface area contributed by atoms with E-state index >= 15 is 0 Å². The first-order valence-corrected chi connectivity index (χ1v) is 6.62. The molecule has 0 saturated carbocycles. The molecule has 0 fully saturated rings. The second-order valence-corrected chi connectivity index (χ2v) is 4.34. The standard InChI is InChI=1S/C16H18N2O3/c1-3-21-14-9-8-11(17)10-12(14)16(19)18-13-6-4-5-7-15(13)20-2/h4-10H,3,17H2,1-2H3,(H,18,19). The summed E-state index contributed by atoms with van der Waals surface area (Å²) in [4.78, 5) is 12.4. The van der Waals surface area contributed by atoms with Gasteiger partial charge in [0, 0.05) is 5.69 Å². The molecule has 0 bridgehead atoms. The van der Waals surface area contributed by atoms with E-state index in [-0.39, 0.29) is 5.91 Å². The van der Waals surface area contributed by atoms with Crippen LogP contribution < -0.4 is 20.5 Å². The number of nitrogens with two attached hydrogens (primary N) is 1. The zero-order chi connectivity index (χ0) is 15.2.